The summed E-state index contributed by atoms with van der Waals surface area (Å²) in [7, 11) is 0. The quantitative estimate of drug-likeness (QED) is 0.912. The lowest BCUT2D eigenvalue weighted by atomic mass is 10.3. The summed E-state index contributed by atoms with van der Waals surface area (Å²) in [6, 6.07) is 0. The van der Waals surface area contributed by atoms with Crippen LogP contribution in [-0.2, 0) is 11.2 Å². The van der Waals surface area contributed by atoms with Crippen LogP contribution in [0.15, 0.2) is 5.38 Å². The minimum Gasteiger partial charge on any atom is -0.481 e. The fourth-order valence-electron chi connectivity index (χ4n) is 2.03. The van der Waals surface area contributed by atoms with Crippen LogP contribution in [0.25, 0.3) is 0 Å². The minimum atomic E-state index is -4.17. The summed E-state index contributed by atoms with van der Waals surface area (Å²) in [5.74, 6) is -0.947. The van der Waals surface area contributed by atoms with Gasteiger partial charge in [0.15, 0.2) is 5.13 Å². The Kier molecular flexibility index (Phi) is 4.48. The number of thiazole rings is 1. The van der Waals surface area contributed by atoms with E-state index in [0.717, 1.165) is 0 Å². The lowest BCUT2D eigenvalue weighted by Crippen LogP contribution is -2.49. The minimum absolute atomic E-state index is 0.134. The Morgan fingerprint density at radius 3 is 2.55 bits per heavy atom. The van der Waals surface area contributed by atoms with Crippen LogP contribution >= 0.6 is 11.3 Å². The zero-order chi connectivity index (χ0) is 14.8. The molecule has 0 amide bonds. The molecular weight excluding hydrogens is 295 g/mol. The number of anilines is 1. The van der Waals surface area contributed by atoms with Crippen molar-refractivity contribution >= 4 is 22.4 Å². The van der Waals surface area contributed by atoms with Crippen molar-refractivity contribution in [1.29, 1.82) is 0 Å². The van der Waals surface area contributed by atoms with Crippen LogP contribution in [0.2, 0.25) is 0 Å². The van der Waals surface area contributed by atoms with Gasteiger partial charge in [0, 0.05) is 31.6 Å². The average molecular weight is 309 g/mol. The van der Waals surface area contributed by atoms with E-state index in [1.165, 1.54) is 16.2 Å². The van der Waals surface area contributed by atoms with Crippen LogP contribution in [-0.4, -0.2) is 59.9 Å². The molecule has 0 bridgehead atoms. The summed E-state index contributed by atoms with van der Waals surface area (Å²) >= 11 is 1.32. The second-order valence-electron chi connectivity index (χ2n) is 4.57. The predicted octanol–water partition coefficient (Wildman–Crippen LogP) is 1.45. The number of halogens is 3. The normalized spacial score (nSPS) is 17.4. The Balaban J connectivity index is 1.87. The number of hydrogen-bond acceptors (Lipinski definition) is 5. The van der Waals surface area contributed by atoms with Crippen molar-refractivity contribution in [3.8, 4) is 0 Å². The highest BCUT2D eigenvalue weighted by atomic mass is 32.1. The fraction of sp³-hybridized carbons (Fsp3) is 0.636. The summed E-state index contributed by atoms with van der Waals surface area (Å²) in [4.78, 5) is 18.0. The third-order valence-electron chi connectivity index (χ3n) is 2.92. The van der Waals surface area contributed by atoms with Crippen molar-refractivity contribution in [3.05, 3.63) is 11.1 Å². The molecule has 20 heavy (non-hydrogen) atoms. The van der Waals surface area contributed by atoms with Crippen molar-refractivity contribution in [2.45, 2.75) is 12.6 Å². The molecule has 0 unspecified atom stereocenters. The van der Waals surface area contributed by atoms with Gasteiger partial charge in [-0.2, -0.15) is 13.2 Å². The van der Waals surface area contributed by atoms with Crippen molar-refractivity contribution in [2.24, 2.45) is 0 Å². The Morgan fingerprint density at radius 1 is 1.35 bits per heavy atom. The second-order valence-corrected chi connectivity index (χ2v) is 5.41. The molecule has 1 aliphatic heterocycles. The van der Waals surface area contributed by atoms with E-state index in [4.69, 9.17) is 5.11 Å². The van der Waals surface area contributed by atoms with E-state index < -0.39 is 18.7 Å². The maximum absolute atomic E-state index is 12.3. The highest BCUT2D eigenvalue weighted by molar-refractivity contribution is 7.13. The predicted molar refractivity (Wildman–Crippen MR) is 68.2 cm³/mol. The van der Waals surface area contributed by atoms with E-state index >= 15 is 0 Å². The molecule has 0 aromatic carbocycles. The lowest BCUT2D eigenvalue weighted by molar-refractivity contribution is -0.146. The molecule has 1 aliphatic rings. The zero-order valence-electron chi connectivity index (χ0n) is 10.6. The fourth-order valence-corrected chi connectivity index (χ4v) is 2.91. The Labute approximate surface area is 117 Å². The third-order valence-corrected chi connectivity index (χ3v) is 3.87. The maximum atomic E-state index is 12.3. The van der Waals surface area contributed by atoms with Gasteiger partial charge in [0.2, 0.25) is 0 Å². The average Bonchev–Trinajstić information content (AvgIpc) is 2.75. The topological polar surface area (TPSA) is 56.7 Å². The number of aliphatic carboxylic acids is 1. The number of carboxylic acids is 1. The summed E-state index contributed by atoms with van der Waals surface area (Å²) in [5.41, 5.74) is 0.482. The first kappa shape index (κ1) is 15.0. The molecule has 0 saturated carbocycles. The molecule has 112 valence electrons. The first-order valence-corrected chi connectivity index (χ1v) is 6.92. The first-order valence-electron chi connectivity index (χ1n) is 6.04. The van der Waals surface area contributed by atoms with Crippen molar-refractivity contribution < 1.29 is 23.1 Å². The molecule has 1 saturated heterocycles. The van der Waals surface area contributed by atoms with Crippen molar-refractivity contribution in [1.82, 2.24) is 9.88 Å². The number of hydrogen-bond donors (Lipinski definition) is 1. The van der Waals surface area contributed by atoms with Crippen LogP contribution < -0.4 is 4.90 Å². The number of rotatable bonds is 4. The van der Waals surface area contributed by atoms with Crippen LogP contribution in [0.4, 0.5) is 18.3 Å². The smallest absolute Gasteiger partial charge is 0.401 e. The van der Waals surface area contributed by atoms with Gasteiger partial charge in [0.25, 0.3) is 0 Å². The summed E-state index contributed by atoms with van der Waals surface area (Å²) in [5, 5.41) is 11.0. The van der Waals surface area contributed by atoms with Crippen LogP contribution in [0.1, 0.15) is 5.69 Å². The van der Waals surface area contributed by atoms with Gasteiger partial charge in [-0.3, -0.25) is 9.69 Å². The molecule has 0 radical (unpaired) electrons. The molecule has 0 atom stereocenters. The number of piperazine rings is 1. The highest BCUT2D eigenvalue weighted by Gasteiger charge is 2.32. The van der Waals surface area contributed by atoms with Gasteiger partial charge in [-0.1, -0.05) is 0 Å². The largest absolute Gasteiger partial charge is 0.481 e. The van der Waals surface area contributed by atoms with Crippen molar-refractivity contribution in [2.75, 3.05) is 37.6 Å². The number of carboxylic acid groups (broad SMARTS) is 1. The maximum Gasteiger partial charge on any atom is 0.401 e. The van der Waals surface area contributed by atoms with Gasteiger partial charge < -0.3 is 10.0 Å². The molecule has 2 heterocycles. The summed E-state index contributed by atoms with van der Waals surface area (Å²) < 4.78 is 36.8. The van der Waals surface area contributed by atoms with E-state index in [1.54, 1.807) is 5.38 Å². The molecule has 1 aromatic heterocycles. The zero-order valence-corrected chi connectivity index (χ0v) is 11.4. The monoisotopic (exact) mass is 309 g/mol. The summed E-state index contributed by atoms with van der Waals surface area (Å²) in [6.07, 6.45) is -4.30. The van der Waals surface area contributed by atoms with Crippen LogP contribution in [0, 0.1) is 0 Å². The molecule has 0 spiro atoms. The highest BCUT2D eigenvalue weighted by Crippen LogP contribution is 2.23. The molecular formula is C11H14F3N3O2S. The van der Waals surface area contributed by atoms with E-state index in [-0.39, 0.29) is 6.42 Å². The Hall–Kier alpha value is -1.35. The molecule has 2 rings (SSSR count). The van der Waals surface area contributed by atoms with Crippen LogP contribution in [0.3, 0.4) is 0 Å². The number of nitrogens with zero attached hydrogens (tertiary/aromatic N) is 3. The summed E-state index contributed by atoms with van der Waals surface area (Å²) in [6.45, 7) is 0.704. The first-order chi connectivity index (χ1) is 9.33. The third kappa shape index (κ3) is 4.34. The number of alkyl halides is 3. The Morgan fingerprint density at radius 2 is 2.00 bits per heavy atom. The number of carbonyl (C=O) groups is 1. The van der Waals surface area contributed by atoms with Gasteiger partial charge in [-0.05, 0) is 0 Å². The SMILES string of the molecule is O=C(O)Cc1csc(N2CCN(CC(F)(F)F)CC2)n1. The van der Waals surface area contributed by atoms with Gasteiger partial charge >= 0.3 is 12.1 Å². The molecule has 1 aromatic rings. The molecule has 1 fully saturated rings. The van der Waals surface area contributed by atoms with Crippen molar-refractivity contribution in [3.63, 3.8) is 0 Å². The molecule has 9 heteroatoms. The van der Waals surface area contributed by atoms with Crippen LogP contribution in [0.5, 0.6) is 0 Å². The van der Waals surface area contributed by atoms with Gasteiger partial charge in [-0.15, -0.1) is 11.3 Å². The standard InChI is InChI=1S/C11H14F3N3O2S/c12-11(13,14)7-16-1-3-17(4-2-16)10-15-8(6-20-10)5-9(18)19/h6H,1-5,7H2,(H,18,19). The molecule has 1 N–H and O–H groups in total. The number of aromatic nitrogens is 1. The molecule has 0 aliphatic carbocycles. The molecule has 5 nitrogen and oxygen atoms in total. The van der Waals surface area contributed by atoms with E-state index in [0.29, 0.717) is 37.0 Å². The van der Waals surface area contributed by atoms with Gasteiger partial charge in [0.05, 0.1) is 18.7 Å². The Bertz CT molecular complexity index is 470. The lowest BCUT2D eigenvalue weighted by Gasteiger charge is -2.34. The second kappa shape index (κ2) is 5.96. The van der Waals surface area contributed by atoms with Gasteiger partial charge in [-0.25, -0.2) is 4.98 Å². The van der Waals surface area contributed by atoms with E-state index in [1.807, 2.05) is 4.90 Å². The van der Waals surface area contributed by atoms with E-state index in [9.17, 15) is 18.0 Å². The van der Waals surface area contributed by atoms with Gasteiger partial charge in [0.1, 0.15) is 0 Å². The van der Waals surface area contributed by atoms with E-state index in [2.05, 4.69) is 4.98 Å².